The normalized spacial score (nSPS) is 19.2. The Labute approximate surface area is 297 Å². The molecule has 2 fully saturated rings. The molecule has 2 saturated carbocycles. The van der Waals surface area contributed by atoms with E-state index in [1.807, 2.05) is 83.1 Å². The van der Waals surface area contributed by atoms with Crippen molar-refractivity contribution in [1.29, 1.82) is 0 Å². The summed E-state index contributed by atoms with van der Waals surface area (Å²) < 4.78 is 0. The molecule has 4 nitrogen and oxygen atoms in total. The maximum absolute atomic E-state index is 8.79. The van der Waals surface area contributed by atoms with E-state index >= 15 is 0 Å². The van der Waals surface area contributed by atoms with Crippen LogP contribution in [0, 0.1) is 80.8 Å². The van der Waals surface area contributed by atoms with Crippen molar-refractivity contribution in [3.63, 3.8) is 0 Å². The third kappa shape index (κ3) is 15.1. The zero-order valence-electron chi connectivity index (χ0n) is 32.5. The van der Waals surface area contributed by atoms with E-state index in [1.165, 1.54) is 59.2 Å². The quantitative estimate of drug-likeness (QED) is 0.137. The molecule has 256 valence electrons. The van der Waals surface area contributed by atoms with Gasteiger partial charge in [-0.25, -0.2) is 0 Å². The molecule has 2 aliphatic rings. The second kappa shape index (κ2) is 19.6. The molecule has 0 aromatic heterocycles. The summed E-state index contributed by atoms with van der Waals surface area (Å²) in [4.78, 5) is 6.69. The van der Waals surface area contributed by atoms with Crippen molar-refractivity contribution in [2.75, 3.05) is 0 Å². The summed E-state index contributed by atoms with van der Waals surface area (Å²) in [5, 5.41) is 0. The van der Waals surface area contributed by atoms with Gasteiger partial charge in [-0.05, 0) is 142 Å². The topological polar surface area (TPSA) is 72.8 Å². The van der Waals surface area contributed by atoms with Crippen molar-refractivity contribution in [2.24, 2.45) is 21.7 Å². The van der Waals surface area contributed by atoms with E-state index < -0.39 is 0 Å². The van der Waals surface area contributed by atoms with Crippen molar-refractivity contribution in [2.45, 2.75) is 152 Å². The Morgan fingerprint density at radius 1 is 0.318 bits per heavy atom. The molecule has 0 N–H and O–H groups in total. The summed E-state index contributed by atoms with van der Waals surface area (Å²) in [6.07, 6.45) is 0. The van der Waals surface area contributed by atoms with E-state index in [9.17, 15) is 0 Å². The van der Waals surface area contributed by atoms with Gasteiger partial charge in [-0.2, -0.15) is 9.58 Å². The van der Waals surface area contributed by atoms with Crippen LogP contribution in [0.4, 0.5) is 0 Å². The summed E-state index contributed by atoms with van der Waals surface area (Å²) in [5.74, 6) is 14.7. The number of rotatable bonds is 0. The smallest absolute Gasteiger partial charge is 0.279 e. The van der Waals surface area contributed by atoms with E-state index in [4.69, 9.17) is 11.1 Å². The van der Waals surface area contributed by atoms with Crippen molar-refractivity contribution in [3.05, 3.63) is 70.2 Å². The first kappa shape index (κ1) is 50.6. The SMILES string of the molecule is CC(C)(C)C(=[N+]=[N-])C(C)(C)C.CC(C)(C)C(=[N+]=[N-])C(C)(C)C.C[C]1[C](C)[C](C)[C](C)[C]1C.C[C]1[C](C)[C](C)[C](C)[C]1C.[Co].[Co]. The van der Waals surface area contributed by atoms with Crippen LogP contribution in [0.25, 0.3) is 11.1 Å². The molecule has 0 spiro atoms. The molecule has 0 heterocycles. The second-order valence-corrected chi connectivity index (χ2v) is 16.1. The van der Waals surface area contributed by atoms with E-state index in [1.54, 1.807) is 0 Å². The Bertz CT molecular complexity index is 721. The van der Waals surface area contributed by atoms with Gasteiger partial charge in [0.05, 0.1) is 21.7 Å². The van der Waals surface area contributed by atoms with Gasteiger partial charge in [-0.15, -0.1) is 0 Å². The van der Waals surface area contributed by atoms with Crippen molar-refractivity contribution in [1.82, 2.24) is 0 Å². The minimum Gasteiger partial charge on any atom is -0.362 e. The maximum atomic E-state index is 8.79. The van der Waals surface area contributed by atoms with Crippen LogP contribution >= 0.6 is 0 Å². The summed E-state index contributed by atoms with van der Waals surface area (Å²) in [6, 6.07) is 0. The molecular weight excluding hydrogens is 630 g/mol. The molecule has 0 aromatic carbocycles. The largest absolute Gasteiger partial charge is 0.362 e. The second-order valence-electron chi connectivity index (χ2n) is 16.1. The zero-order chi connectivity index (χ0) is 34.3. The van der Waals surface area contributed by atoms with Gasteiger partial charge < -0.3 is 11.1 Å². The van der Waals surface area contributed by atoms with Gasteiger partial charge in [0.1, 0.15) is 0 Å². The predicted molar refractivity (Wildman–Crippen MR) is 184 cm³/mol. The van der Waals surface area contributed by atoms with Crippen LogP contribution in [0.15, 0.2) is 0 Å². The van der Waals surface area contributed by atoms with Crippen LogP contribution < -0.4 is 0 Å². The molecule has 2 aliphatic carbocycles. The van der Waals surface area contributed by atoms with E-state index in [2.05, 4.69) is 78.8 Å². The Kier molecular flexibility index (Phi) is 22.5. The zero-order valence-corrected chi connectivity index (χ0v) is 34.5. The first-order valence-electron chi connectivity index (χ1n) is 15.3. The average molecular weight is 697 g/mol. The van der Waals surface area contributed by atoms with Crippen LogP contribution in [0.1, 0.15) is 152 Å². The van der Waals surface area contributed by atoms with E-state index in [0.29, 0.717) is 0 Å². The van der Waals surface area contributed by atoms with E-state index in [-0.39, 0.29) is 55.2 Å². The Balaban J connectivity index is -0.000000239. The van der Waals surface area contributed by atoms with Gasteiger partial charge >= 0.3 is 0 Å². The standard InChI is InChI=1S/2C10H15.2C9H18N2.2Co/c2*1-6-7(2)9(4)10(5)8(6)3;2*1-8(2,3)7(11-10)9(4,5)6;;/h2*1-5H3;2*1-6H3;;. The van der Waals surface area contributed by atoms with Crippen LogP contribution in [-0.4, -0.2) is 21.0 Å². The fourth-order valence-corrected chi connectivity index (χ4v) is 5.66. The molecule has 0 aliphatic heterocycles. The number of hydrogen-bond acceptors (Lipinski definition) is 0. The first-order chi connectivity index (χ1) is 18.5. The molecule has 6 heteroatoms. The van der Waals surface area contributed by atoms with Crippen LogP contribution in [0.2, 0.25) is 0 Å². The predicted octanol–water partition coefficient (Wildman–Crippen LogP) is 11.4. The summed E-state index contributed by atoms with van der Waals surface area (Å²) >= 11 is 0. The molecule has 0 atom stereocenters. The van der Waals surface area contributed by atoms with Crippen LogP contribution in [0.3, 0.4) is 0 Å². The molecule has 2 rings (SSSR count). The fraction of sp³-hybridized carbons (Fsp3) is 0.684. The van der Waals surface area contributed by atoms with Gasteiger partial charge in [0.25, 0.3) is 11.4 Å². The van der Waals surface area contributed by atoms with Crippen molar-refractivity contribution in [3.8, 4) is 0 Å². The summed E-state index contributed by atoms with van der Waals surface area (Å²) in [6.45, 7) is 46.6. The van der Waals surface area contributed by atoms with Gasteiger partial charge in [-0.1, -0.05) is 69.2 Å². The maximum Gasteiger partial charge on any atom is 0.279 e. The van der Waals surface area contributed by atoms with Gasteiger partial charge in [-0.3, -0.25) is 0 Å². The van der Waals surface area contributed by atoms with Gasteiger partial charge in [0.2, 0.25) is 0 Å². The molecule has 0 unspecified atom stereocenters. The molecule has 0 bridgehead atoms. The summed E-state index contributed by atoms with van der Waals surface area (Å²) in [5.41, 5.74) is 19.1. The molecule has 0 amide bonds. The molecular formula is C38H66Co2N4. The van der Waals surface area contributed by atoms with Crippen LogP contribution in [0.5, 0.6) is 0 Å². The minimum absolute atomic E-state index is 0. The third-order valence-electron chi connectivity index (χ3n) is 8.67. The molecule has 12 radical (unpaired) electrons. The Morgan fingerprint density at radius 3 is 0.432 bits per heavy atom. The monoisotopic (exact) mass is 696 g/mol. The Hall–Kier alpha value is -0.227. The molecule has 44 heavy (non-hydrogen) atoms. The van der Waals surface area contributed by atoms with Gasteiger partial charge in [0.15, 0.2) is 0 Å². The van der Waals surface area contributed by atoms with Crippen LogP contribution in [-0.2, 0) is 33.6 Å². The molecule has 0 aromatic rings. The average Bonchev–Trinajstić information content (AvgIpc) is 3.07. The van der Waals surface area contributed by atoms with Crippen molar-refractivity contribution < 1.29 is 43.1 Å². The van der Waals surface area contributed by atoms with Gasteiger partial charge in [0, 0.05) is 33.6 Å². The number of hydrogen-bond donors (Lipinski definition) is 0. The third-order valence-corrected chi connectivity index (χ3v) is 8.67. The minimum atomic E-state index is -0.0486. The fourth-order valence-electron chi connectivity index (χ4n) is 5.66. The summed E-state index contributed by atoms with van der Waals surface area (Å²) in [7, 11) is 0. The first-order valence-corrected chi connectivity index (χ1v) is 15.3. The molecule has 0 saturated heterocycles. The van der Waals surface area contributed by atoms with Crippen molar-refractivity contribution >= 4 is 11.4 Å². The number of nitrogens with zero attached hydrogens (tertiary/aromatic N) is 4. The van der Waals surface area contributed by atoms with E-state index in [0.717, 1.165) is 11.4 Å². The Morgan fingerprint density at radius 2 is 0.409 bits per heavy atom.